The lowest BCUT2D eigenvalue weighted by Gasteiger charge is -2.53. The topological polar surface area (TPSA) is 117 Å². The van der Waals surface area contributed by atoms with Crippen molar-refractivity contribution in [1.82, 2.24) is 5.32 Å². The highest BCUT2D eigenvalue weighted by Gasteiger charge is 2.50. The van der Waals surface area contributed by atoms with E-state index in [4.69, 9.17) is 18.9 Å². The van der Waals surface area contributed by atoms with Gasteiger partial charge in [-0.2, -0.15) is 0 Å². The van der Waals surface area contributed by atoms with Crippen LogP contribution in [0.15, 0.2) is 36.5 Å². The predicted molar refractivity (Wildman–Crippen MR) is 185 cm³/mol. The Bertz CT molecular complexity index is 1100. The van der Waals surface area contributed by atoms with E-state index in [0.717, 1.165) is 31.3 Å². The summed E-state index contributed by atoms with van der Waals surface area (Å²) in [7, 11) is 1.55. The fraction of sp³-hybridized carbons (Fsp3) is 0.722. The first-order valence-electron chi connectivity index (χ1n) is 16.3. The molecule has 0 aliphatic carbocycles. The lowest BCUT2D eigenvalue weighted by atomic mass is 9.52. The van der Waals surface area contributed by atoms with Gasteiger partial charge in [0.2, 0.25) is 7.28 Å². The third-order valence-corrected chi connectivity index (χ3v) is 8.50. The first-order valence-corrected chi connectivity index (χ1v) is 16.3. The standard InChI is InChI=1S/C36H61BNO8/c1-15-17-18-36(35(14,16-2)27(7)8,24-43-23-33(10,11)37-29(39)20-44-31(41)25(3)4)22-34(12,13)46-19-28(9)38-30(40)21-45-32(42)26(5)6/h28H,3,5,7,15-24H2,1-2,4,6,8-14H3,(H,38,40). The van der Waals surface area contributed by atoms with Crippen LogP contribution < -0.4 is 5.32 Å². The van der Waals surface area contributed by atoms with Crippen molar-refractivity contribution in [3.05, 3.63) is 36.5 Å². The van der Waals surface area contributed by atoms with E-state index in [1.165, 1.54) is 13.8 Å². The second-order valence-corrected chi connectivity index (χ2v) is 14.4. The zero-order valence-corrected chi connectivity index (χ0v) is 30.6. The van der Waals surface area contributed by atoms with Gasteiger partial charge in [-0.1, -0.05) is 72.8 Å². The Hall–Kier alpha value is -2.72. The number of ether oxygens (including phenoxy) is 4. The molecule has 1 radical (unpaired) electrons. The molecule has 0 heterocycles. The monoisotopic (exact) mass is 646 g/mol. The highest BCUT2D eigenvalue weighted by atomic mass is 16.5. The van der Waals surface area contributed by atoms with Crippen molar-refractivity contribution in [3.63, 3.8) is 0 Å². The lowest BCUT2D eigenvalue weighted by Crippen LogP contribution is -2.50. The van der Waals surface area contributed by atoms with Gasteiger partial charge in [0.05, 0.1) is 18.8 Å². The minimum absolute atomic E-state index is 0.229. The van der Waals surface area contributed by atoms with Gasteiger partial charge >= 0.3 is 11.9 Å². The maximum absolute atomic E-state index is 12.6. The molecule has 0 aliphatic heterocycles. The van der Waals surface area contributed by atoms with E-state index in [1.54, 1.807) is 7.28 Å². The van der Waals surface area contributed by atoms with E-state index in [0.29, 0.717) is 13.0 Å². The Balaban J connectivity index is 5.83. The Morgan fingerprint density at radius 1 is 0.848 bits per heavy atom. The molecule has 261 valence electrons. The summed E-state index contributed by atoms with van der Waals surface area (Å²) in [6.45, 7) is 33.2. The first kappa shape index (κ1) is 43.3. The van der Waals surface area contributed by atoms with E-state index >= 15 is 0 Å². The largest absolute Gasteiger partial charge is 0.455 e. The van der Waals surface area contributed by atoms with Crippen molar-refractivity contribution >= 4 is 30.8 Å². The third-order valence-electron chi connectivity index (χ3n) is 8.50. The number of allylic oxidation sites excluding steroid dienone is 1. The summed E-state index contributed by atoms with van der Waals surface area (Å²) in [5.74, 6) is -1.62. The average molecular weight is 647 g/mol. The Kier molecular flexibility index (Phi) is 18.1. The molecular formula is C36H61BNO8. The summed E-state index contributed by atoms with van der Waals surface area (Å²) in [4.78, 5) is 48.2. The molecule has 0 spiro atoms. The number of nitrogens with one attached hydrogen (secondary N) is 1. The molecule has 10 heteroatoms. The van der Waals surface area contributed by atoms with Crippen molar-refractivity contribution in [3.8, 4) is 0 Å². The summed E-state index contributed by atoms with van der Waals surface area (Å²) in [5.41, 5.74) is -0.000557. The second-order valence-electron chi connectivity index (χ2n) is 14.4. The minimum Gasteiger partial charge on any atom is -0.455 e. The van der Waals surface area contributed by atoms with E-state index in [2.05, 4.69) is 52.7 Å². The van der Waals surface area contributed by atoms with Gasteiger partial charge < -0.3 is 29.1 Å². The van der Waals surface area contributed by atoms with Gasteiger partial charge in [-0.25, -0.2) is 9.59 Å². The summed E-state index contributed by atoms with van der Waals surface area (Å²) in [5, 5.41) is 2.21. The summed E-state index contributed by atoms with van der Waals surface area (Å²) < 4.78 is 22.9. The van der Waals surface area contributed by atoms with Crippen LogP contribution in [0.1, 0.15) is 108 Å². The van der Waals surface area contributed by atoms with Crippen molar-refractivity contribution in [1.29, 1.82) is 0 Å². The maximum atomic E-state index is 12.6. The van der Waals surface area contributed by atoms with E-state index in [9.17, 15) is 19.2 Å². The van der Waals surface area contributed by atoms with Crippen LogP contribution in [-0.4, -0.2) is 75.5 Å². The highest BCUT2D eigenvalue weighted by Crippen LogP contribution is 2.55. The van der Waals surface area contributed by atoms with Crippen LogP contribution in [0.5, 0.6) is 0 Å². The smallest absolute Gasteiger partial charge is 0.333 e. The molecule has 46 heavy (non-hydrogen) atoms. The van der Waals surface area contributed by atoms with Crippen LogP contribution in [0.4, 0.5) is 0 Å². The molecule has 0 rings (SSSR count). The molecule has 0 aromatic heterocycles. The molecule has 3 unspecified atom stereocenters. The molecule has 0 bridgehead atoms. The molecule has 1 amide bonds. The van der Waals surface area contributed by atoms with E-state index in [-0.39, 0.29) is 60.1 Å². The molecule has 0 fully saturated rings. The van der Waals surface area contributed by atoms with Gasteiger partial charge in [-0.05, 0) is 71.5 Å². The number of hydrogen-bond donors (Lipinski definition) is 1. The number of carbonyl (C=O) groups is 4. The molecule has 9 nitrogen and oxygen atoms in total. The minimum atomic E-state index is -0.612. The van der Waals surface area contributed by atoms with Gasteiger partial charge in [-0.3, -0.25) is 4.79 Å². The molecule has 0 aromatic carbocycles. The molecule has 3 atom stereocenters. The number of amides is 1. The van der Waals surface area contributed by atoms with Crippen LogP contribution in [0, 0.1) is 10.8 Å². The molecule has 0 saturated carbocycles. The van der Waals surface area contributed by atoms with Crippen molar-refractivity contribution in [2.75, 3.05) is 33.0 Å². The van der Waals surface area contributed by atoms with Crippen LogP contribution in [-0.2, 0) is 38.1 Å². The molecule has 0 saturated heterocycles. The van der Waals surface area contributed by atoms with Gasteiger partial charge in [0.25, 0.3) is 5.91 Å². The van der Waals surface area contributed by atoms with Crippen molar-refractivity contribution in [2.45, 2.75) is 125 Å². The Morgan fingerprint density at radius 2 is 1.39 bits per heavy atom. The zero-order chi connectivity index (χ0) is 35.9. The van der Waals surface area contributed by atoms with Gasteiger partial charge in [-0.15, -0.1) is 0 Å². The predicted octanol–water partition coefficient (Wildman–Crippen LogP) is 6.53. The van der Waals surface area contributed by atoms with Gasteiger partial charge in [0.15, 0.2) is 6.61 Å². The number of rotatable bonds is 24. The number of esters is 2. The third kappa shape index (κ3) is 14.8. The van der Waals surface area contributed by atoms with Crippen molar-refractivity contribution < 1.29 is 38.1 Å². The van der Waals surface area contributed by atoms with Crippen LogP contribution in [0.3, 0.4) is 0 Å². The summed E-state index contributed by atoms with van der Waals surface area (Å²) in [6, 6.07) is -0.321. The zero-order valence-electron chi connectivity index (χ0n) is 30.6. The van der Waals surface area contributed by atoms with Gasteiger partial charge in [0, 0.05) is 29.2 Å². The molecular weight excluding hydrogens is 585 g/mol. The Labute approximate surface area is 279 Å². The van der Waals surface area contributed by atoms with Crippen LogP contribution in [0.25, 0.3) is 0 Å². The average Bonchev–Trinajstić information content (AvgIpc) is 2.94. The molecule has 0 aromatic rings. The highest BCUT2D eigenvalue weighted by molar-refractivity contribution is 6.76. The second kappa shape index (κ2) is 19.2. The first-order chi connectivity index (χ1) is 21.1. The number of hydrogen-bond acceptors (Lipinski definition) is 8. The number of unbranched alkanes of at least 4 members (excludes halogenated alkanes) is 1. The summed E-state index contributed by atoms with van der Waals surface area (Å²) >= 11 is 0. The molecule has 1 N–H and O–H groups in total. The van der Waals surface area contributed by atoms with Crippen LogP contribution in [0.2, 0.25) is 5.31 Å². The fourth-order valence-electron chi connectivity index (χ4n) is 5.60. The quantitative estimate of drug-likeness (QED) is 0.0545. The molecule has 0 aliphatic rings. The Morgan fingerprint density at radius 3 is 1.87 bits per heavy atom. The van der Waals surface area contributed by atoms with E-state index in [1.807, 2.05) is 34.6 Å². The number of carbonyl (C=O) groups excluding carboxylic acids is 4. The summed E-state index contributed by atoms with van der Waals surface area (Å²) in [6.07, 6.45) is 4.39. The lowest BCUT2D eigenvalue weighted by molar-refractivity contribution is -0.145. The SMILES string of the molecule is C=C(C)C(=O)OCC(=O)[B]C(C)(C)COCC(CCCC)(CC(C)(C)OCC(C)NC(=O)COC(=O)C(=C)C)C(C)(CC)C(=C)C. The normalized spacial score (nSPS) is 15.0. The van der Waals surface area contributed by atoms with Crippen molar-refractivity contribution in [2.24, 2.45) is 10.8 Å². The fourth-order valence-corrected chi connectivity index (χ4v) is 5.60. The van der Waals surface area contributed by atoms with E-state index < -0.39 is 28.8 Å². The van der Waals surface area contributed by atoms with Gasteiger partial charge in [0.1, 0.15) is 12.3 Å². The van der Waals surface area contributed by atoms with Crippen LogP contribution >= 0.6 is 0 Å². The maximum Gasteiger partial charge on any atom is 0.333 e.